The topological polar surface area (TPSA) is 109 Å². The normalized spacial score (nSPS) is 19.6. The summed E-state index contributed by atoms with van der Waals surface area (Å²) in [6.45, 7) is 1.56. The number of aromatic amines is 1. The molecule has 12 heteroatoms. The van der Waals surface area contributed by atoms with E-state index < -0.39 is 28.8 Å². The first-order valence-corrected chi connectivity index (χ1v) is 15.0. The van der Waals surface area contributed by atoms with Gasteiger partial charge >= 0.3 is 4.87 Å². The quantitative estimate of drug-likeness (QED) is 0.268. The van der Waals surface area contributed by atoms with E-state index in [0.29, 0.717) is 37.1 Å². The van der Waals surface area contributed by atoms with E-state index in [0.717, 1.165) is 16.9 Å². The van der Waals surface area contributed by atoms with Crippen molar-refractivity contribution in [1.82, 2.24) is 4.98 Å². The van der Waals surface area contributed by atoms with Crippen molar-refractivity contribution in [2.75, 3.05) is 16.8 Å². The number of carbonyl (C=O) groups excluding carboxylic acids is 3. The molecule has 4 aromatic rings. The minimum atomic E-state index is -0.808. The number of fused-ring (bicyclic) bond motifs is 2. The number of nitrogens with one attached hydrogen (secondary N) is 2. The maximum atomic E-state index is 14.0. The number of hydrogen-bond acceptors (Lipinski definition) is 7. The van der Waals surface area contributed by atoms with Gasteiger partial charge in [0.25, 0.3) is 5.91 Å². The summed E-state index contributed by atoms with van der Waals surface area (Å²) in [5, 5.41) is 2.43. The number of benzene rings is 3. The Kier molecular flexibility index (Phi) is 7.30. The van der Waals surface area contributed by atoms with Gasteiger partial charge in [0.1, 0.15) is 16.8 Å². The Bertz CT molecular complexity index is 1740. The molecule has 0 radical (unpaired) electrons. The van der Waals surface area contributed by atoms with Gasteiger partial charge in [-0.3, -0.25) is 19.2 Å². The molecule has 1 saturated heterocycles. The zero-order valence-corrected chi connectivity index (χ0v) is 24.6. The second kappa shape index (κ2) is 10.9. The van der Waals surface area contributed by atoms with Crippen LogP contribution >= 0.6 is 39.0 Å². The number of aryl methyl sites for hydroxylation is 1. The average molecular weight is 655 g/mol. The first-order valence-electron chi connectivity index (χ1n) is 12.5. The van der Waals surface area contributed by atoms with E-state index in [4.69, 9.17) is 4.74 Å². The smallest absolute Gasteiger partial charge is 0.305 e. The third-order valence-corrected chi connectivity index (χ3v) is 9.80. The Labute approximate surface area is 250 Å². The van der Waals surface area contributed by atoms with Crippen LogP contribution < -0.4 is 19.8 Å². The van der Waals surface area contributed by atoms with Crippen LogP contribution in [0.5, 0.6) is 5.75 Å². The van der Waals surface area contributed by atoms with Crippen molar-refractivity contribution in [2.45, 2.75) is 23.1 Å². The van der Waals surface area contributed by atoms with Crippen LogP contribution in [0.3, 0.4) is 0 Å². The molecular formula is C29H21BrFN3O5S2. The number of carbonyl (C=O) groups is 3. The van der Waals surface area contributed by atoms with Crippen LogP contribution in [0, 0.1) is 18.7 Å². The standard InChI is InChI=1S/C29H21BrFN3O5S2/c1-14-2-9-18(10-3-14)34-27(36)23-22(24-26(33-29(38)41-24)40-25(23)28(34)37)19-12-15(30)4-11-20(19)39-13-21(35)32-17-7-5-16(31)6-8-17/h2-12,22-23,25H,13H2,1H3,(H,32,35)(H,33,38)/t22-,23?,25?/m1/s1. The molecule has 3 heterocycles. The summed E-state index contributed by atoms with van der Waals surface area (Å²) in [7, 11) is 0. The third-order valence-electron chi connectivity index (χ3n) is 6.91. The number of amides is 3. The van der Waals surface area contributed by atoms with Gasteiger partial charge in [0.2, 0.25) is 11.8 Å². The van der Waals surface area contributed by atoms with Crippen molar-refractivity contribution in [1.29, 1.82) is 0 Å². The highest BCUT2D eigenvalue weighted by atomic mass is 79.9. The molecule has 6 rings (SSSR count). The molecule has 2 N–H and O–H groups in total. The number of hydrogen-bond donors (Lipinski definition) is 2. The molecule has 8 nitrogen and oxygen atoms in total. The number of nitrogens with zero attached hydrogens (tertiary/aromatic N) is 1. The predicted molar refractivity (Wildman–Crippen MR) is 158 cm³/mol. The molecule has 208 valence electrons. The van der Waals surface area contributed by atoms with Crippen LogP contribution in [0.15, 0.2) is 81.0 Å². The highest BCUT2D eigenvalue weighted by Crippen LogP contribution is 2.54. The van der Waals surface area contributed by atoms with Gasteiger partial charge in [-0.25, -0.2) is 9.29 Å². The number of halogens is 2. The number of thiazole rings is 1. The van der Waals surface area contributed by atoms with E-state index in [1.54, 1.807) is 30.3 Å². The van der Waals surface area contributed by atoms with E-state index in [9.17, 15) is 23.6 Å². The fourth-order valence-corrected chi connectivity index (χ4v) is 7.95. The average Bonchev–Trinajstić information content (AvgIpc) is 3.44. The van der Waals surface area contributed by atoms with Gasteiger partial charge in [0, 0.05) is 26.5 Å². The number of H-pyrrole nitrogens is 1. The number of ether oxygens (including phenoxy) is 1. The SMILES string of the molecule is Cc1ccc(N2C(=O)C3Sc4[nH]c(=O)sc4[C@H](c4cc(Br)ccc4OCC(=O)Nc4ccc(F)cc4)C3C2=O)cc1. The van der Waals surface area contributed by atoms with Gasteiger partial charge in [-0.05, 0) is 61.5 Å². The van der Waals surface area contributed by atoms with E-state index >= 15 is 0 Å². The molecule has 1 fully saturated rings. The van der Waals surface area contributed by atoms with Crippen LogP contribution in [-0.4, -0.2) is 34.6 Å². The molecule has 2 aliphatic rings. The number of imide groups is 1. The molecule has 0 spiro atoms. The monoisotopic (exact) mass is 653 g/mol. The van der Waals surface area contributed by atoms with Gasteiger partial charge < -0.3 is 15.0 Å². The van der Waals surface area contributed by atoms with Crippen molar-refractivity contribution < 1.29 is 23.5 Å². The second-order valence-electron chi connectivity index (χ2n) is 9.62. The Hall–Kier alpha value is -3.74. The molecule has 1 aromatic heterocycles. The van der Waals surface area contributed by atoms with Crippen molar-refractivity contribution in [3.8, 4) is 5.75 Å². The van der Waals surface area contributed by atoms with Crippen LogP contribution in [0.2, 0.25) is 0 Å². The lowest BCUT2D eigenvalue weighted by Crippen LogP contribution is -2.32. The van der Waals surface area contributed by atoms with E-state index in [-0.39, 0.29) is 23.3 Å². The third kappa shape index (κ3) is 5.22. The second-order valence-corrected chi connectivity index (χ2v) is 12.7. The zero-order chi connectivity index (χ0) is 28.8. The zero-order valence-electron chi connectivity index (χ0n) is 21.4. The van der Waals surface area contributed by atoms with Crippen LogP contribution in [0.25, 0.3) is 0 Å². The Morgan fingerprint density at radius 3 is 2.51 bits per heavy atom. The molecule has 0 aliphatic carbocycles. The summed E-state index contributed by atoms with van der Waals surface area (Å²) < 4.78 is 19.9. The summed E-state index contributed by atoms with van der Waals surface area (Å²) in [6.07, 6.45) is 0. The van der Waals surface area contributed by atoms with Gasteiger partial charge in [-0.1, -0.05) is 56.7 Å². The van der Waals surface area contributed by atoms with Crippen LogP contribution in [0.4, 0.5) is 15.8 Å². The van der Waals surface area contributed by atoms with Gasteiger partial charge in [-0.2, -0.15) is 0 Å². The van der Waals surface area contributed by atoms with Crippen LogP contribution in [-0.2, 0) is 14.4 Å². The van der Waals surface area contributed by atoms with E-state index in [2.05, 4.69) is 26.2 Å². The summed E-state index contributed by atoms with van der Waals surface area (Å²) in [5.74, 6) is -2.76. The number of thioether (sulfide) groups is 1. The molecule has 0 bridgehead atoms. The molecule has 3 amide bonds. The lowest BCUT2D eigenvalue weighted by atomic mass is 9.82. The van der Waals surface area contributed by atoms with E-state index in [1.165, 1.54) is 40.9 Å². The van der Waals surface area contributed by atoms with Crippen molar-refractivity contribution in [3.63, 3.8) is 0 Å². The van der Waals surface area contributed by atoms with Gasteiger partial charge in [0.05, 0.1) is 16.6 Å². The van der Waals surface area contributed by atoms with Gasteiger partial charge in [0.15, 0.2) is 6.61 Å². The Morgan fingerprint density at radius 2 is 1.78 bits per heavy atom. The minimum absolute atomic E-state index is 0.293. The molecule has 3 atom stereocenters. The summed E-state index contributed by atoms with van der Waals surface area (Å²) >= 11 is 5.68. The number of anilines is 2. The summed E-state index contributed by atoms with van der Waals surface area (Å²) in [4.78, 5) is 57.1. The lowest BCUT2D eigenvalue weighted by Gasteiger charge is -2.31. The molecule has 2 aliphatic heterocycles. The minimum Gasteiger partial charge on any atom is -0.483 e. The van der Waals surface area contributed by atoms with E-state index in [1.807, 2.05) is 19.1 Å². The predicted octanol–water partition coefficient (Wildman–Crippen LogP) is 5.46. The fraction of sp³-hybridized carbons (Fsp3) is 0.172. The molecule has 3 aromatic carbocycles. The molecule has 0 saturated carbocycles. The maximum Gasteiger partial charge on any atom is 0.305 e. The first-order chi connectivity index (χ1) is 19.7. The molecule has 2 unspecified atom stereocenters. The van der Waals surface area contributed by atoms with Crippen molar-refractivity contribution in [2.24, 2.45) is 5.92 Å². The number of rotatable bonds is 6. The largest absolute Gasteiger partial charge is 0.483 e. The summed E-state index contributed by atoms with van der Waals surface area (Å²) in [5.41, 5.74) is 2.46. The van der Waals surface area contributed by atoms with Crippen LogP contribution in [0.1, 0.15) is 21.9 Å². The number of aromatic nitrogens is 1. The highest BCUT2D eigenvalue weighted by Gasteiger charge is 2.56. The highest BCUT2D eigenvalue weighted by molar-refractivity contribution is 9.10. The fourth-order valence-electron chi connectivity index (χ4n) is 5.07. The van der Waals surface area contributed by atoms with Crippen molar-refractivity contribution in [3.05, 3.63) is 103 Å². The molecular weight excluding hydrogens is 633 g/mol. The Balaban J connectivity index is 1.36. The lowest BCUT2D eigenvalue weighted by molar-refractivity contribution is -0.122. The first kappa shape index (κ1) is 27.4. The summed E-state index contributed by atoms with van der Waals surface area (Å²) in [6, 6.07) is 17.7. The van der Waals surface area contributed by atoms with Gasteiger partial charge in [-0.15, -0.1) is 0 Å². The van der Waals surface area contributed by atoms with Crippen molar-refractivity contribution >= 4 is 68.1 Å². The Morgan fingerprint density at radius 1 is 1.05 bits per heavy atom. The maximum absolute atomic E-state index is 14.0. The molecule has 41 heavy (non-hydrogen) atoms.